The van der Waals surface area contributed by atoms with Crippen LogP contribution in [0.15, 0.2) is 96.1 Å². The van der Waals surface area contributed by atoms with Crippen LogP contribution >= 0.6 is 11.6 Å². The van der Waals surface area contributed by atoms with Crippen LogP contribution in [0, 0.1) is 0 Å². The highest BCUT2D eigenvalue weighted by atomic mass is 35.5. The van der Waals surface area contributed by atoms with Crippen molar-refractivity contribution in [3.8, 4) is 16.8 Å². The van der Waals surface area contributed by atoms with Crippen molar-refractivity contribution < 1.29 is 23.9 Å². The van der Waals surface area contributed by atoms with Gasteiger partial charge < -0.3 is 14.8 Å². The molecule has 5 rings (SSSR count). The van der Waals surface area contributed by atoms with Gasteiger partial charge in [-0.25, -0.2) is 9.48 Å². The van der Waals surface area contributed by atoms with E-state index in [0.717, 1.165) is 10.2 Å². The van der Waals surface area contributed by atoms with Crippen molar-refractivity contribution in [3.63, 3.8) is 0 Å². The van der Waals surface area contributed by atoms with Crippen molar-refractivity contribution in [2.45, 2.75) is 19.0 Å². The van der Waals surface area contributed by atoms with E-state index in [0.29, 0.717) is 39.6 Å². The zero-order valence-electron chi connectivity index (χ0n) is 25.7. The molecule has 1 unspecified atom stereocenters. The quantitative estimate of drug-likeness (QED) is 0.155. The lowest BCUT2D eigenvalue weighted by Gasteiger charge is -2.20. The Morgan fingerprint density at radius 3 is 2.44 bits per heavy atom. The molecule has 0 aliphatic rings. The van der Waals surface area contributed by atoms with Gasteiger partial charge in [-0.05, 0) is 70.4 Å². The number of carbonyl (C=O) groups is 3. The second kappa shape index (κ2) is 15.4. The van der Waals surface area contributed by atoms with Crippen molar-refractivity contribution in [1.29, 1.82) is 0 Å². The number of nitrogens with one attached hydrogen (secondary N) is 2. The summed E-state index contributed by atoms with van der Waals surface area (Å²) < 4.78 is 11.9. The van der Waals surface area contributed by atoms with Crippen LogP contribution in [0.1, 0.15) is 22.9 Å². The molecule has 0 saturated heterocycles. The Labute approximate surface area is 278 Å². The normalized spacial score (nSPS) is 11.6. The third-order valence-corrected chi connectivity index (χ3v) is 7.32. The number of halogens is 1. The molecular formula is C33H29ClN8O6. The summed E-state index contributed by atoms with van der Waals surface area (Å²) in [6, 6.07) is 21.8. The second-order valence-electron chi connectivity index (χ2n) is 10.3. The maximum absolute atomic E-state index is 13.6. The average molecular weight is 669 g/mol. The molecule has 5 aromatic rings. The van der Waals surface area contributed by atoms with E-state index >= 15 is 0 Å². The fraction of sp³-hybridized carbons (Fsp3) is 0.152. The smallest absolute Gasteiger partial charge is 0.411 e. The molecule has 2 heterocycles. The predicted octanol–water partition coefficient (Wildman–Crippen LogP) is 4.00. The molecule has 0 bridgehead atoms. The topological polar surface area (TPSA) is 172 Å². The Morgan fingerprint density at radius 1 is 0.979 bits per heavy atom. The van der Waals surface area contributed by atoms with E-state index in [4.69, 9.17) is 16.3 Å². The molecule has 14 nitrogen and oxygen atoms in total. The number of anilines is 1. The molecule has 2 amide bonds. The first-order valence-electron chi connectivity index (χ1n) is 14.4. The Bertz CT molecular complexity index is 2000. The highest BCUT2D eigenvalue weighted by molar-refractivity contribution is 6.30. The van der Waals surface area contributed by atoms with Crippen LogP contribution in [0.5, 0.6) is 0 Å². The number of esters is 1. The molecule has 0 saturated carbocycles. The molecule has 3 aromatic carbocycles. The van der Waals surface area contributed by atoms with E-state index in [1.165, 1.54) is 31.3 Å². The van der Waals surface area contributed by atoms with Crippen molar-refractivity contribution in [2.24, 2.45) is 0 Å². The lowest BCUT2D eigenvalue weighted by Crippen LogP contribution is -2.34. The van der Waals surface area contributed by atoms with Crippen molar-refractivity contribution >= 4 is 41.3 Å². The van der Waals surface area contributed by atoms with Crippen molar-refractivity contribution in [3.05, 3.63) is 123 Å². The Balaban J connectivity index is 1.52. The highest BCUT2D eigenvalue weighted by Crippen LogP contribution is 2.24. The number of nitrogens with zero attached hydrogens (tertiary/aromatic N) is 6. The number of ether oxygens (including phenoxy) is 2. The summed E-state index contributed by atoms with van der Waals surface area (Å²) in [5.74, 6) is -1.15. The second-order valence-corrected chi connectivity index (χ2v) is 10.7. The predicted molar refractivity (Wildman–Crippen MR) is 176 cm³/mol. The van der Waals surface area contributed by atoms with Gasteiger partial charge >= 0.3 is 12.1 Å². The van der Waals surface area contributed by atoms with Crippen LogP contribution in [-0.2, 0) is 32.0 Å². The van der Waals surface area contributed by atoms with Crippen molar-refractivity contribution in [1.82, 2.24) is 35.3 Å². The molecule has 1 atom stereocenters. The Morgan fingerprint density at radius 2 is 1.75 bits per heavy atom. The summed E-state index contributed by atoms with van der Waals surface area (Å²) in [4.78, 5) is 51.0. The van der Waals surface area contributed by atoms with E-state index in [1.54, 1.807) is 54.6 Å². The molecule has 244 valence electrons. The van der Waals surface area contributed by atoms with Gasteiger partial charge in [-0.3, -0.25) is 19.7 Å². The van der Waals surface area contributed by atoms with Gasteiger partial charge in [-0.2, -0.15) is 9.78 Å². The molecule has 0 fully saturated rings. The van der Waals surface area contributed by atoms with Gasteiger partial charge in [0.05, 0.1) is 37.2 Å². The van der Waals surface area contributed by atoms with E-state index < -0.39 is 36.1 Å². The molecule has 48 heavy (non-hydrogen) atoms. The number of rotatable bonds is 11. The molecule has 0 radical (unpaired) electrons. The lowest BCUT2D eigenvalue weighted by atomic mass is 10.00. The number of tetrazole rings is 1. The Kier molecular flexibility index (Phi) is 10.7. The number of hydrogen-bond donors (Lipinski definition) is 2. The van der Waals surface area contributed by atoms with Crippen LogP contribution in [0.4, 0.5) is 10.5 Å². The van der Waals surface area contributed by atoms with Gasteiger partial charge in [0.1, 0.15) is 12.9 Å². The van der Waals surface area contributed by atoms with E-state index in [-0.39, 0.29) is 5.56 Å². The minimum absolute atomic E-state index is 0.210. The molecule has 2 aromatic heterocycles. The molecule has 15 heteroatoms. The Hall–Kier alpha value is -6.15. The third kappa shape index (κ3) is 8.35. The fourth-order valence-corrected chi connectivity index (χ4v) is 4.92. The number of hydrogen-bond acceptors (Lipinski definition) is 10. The van der Waals surface area contributed by atoms with Crippen LogP contribution in [0.2, 0.25) is 5.02 Å². The minimum atomic E-state index is -0.744. The first-order chi connectivity index (χ1) is 23.2. The van der Waals surface area contributed by atoms with Crippen LogP contribution < -0.4 is 16.2 Å². The maximum Gasteiger partial charge on any atom is 0.411 e. The summed E-state index contributed by atoms with van der Waals surface area (Å²) in [7, 11) is 2.46. The summed E-state index contributed by atoms with van der Waals surface area (Å²) in [5, 5.41) is 21.7. The molecule has 0 aliphatic heterocycles. The summed E-state index contributed by atoms with van der Waals surface area (Å²) in [5.41, 5.74) is 2.96. The van der Waals surface area contributed by atoms with Gasteiger partial charge in [0.2, 0.25) is 5.91 Å². The molecule has 2 N–H and O–H groups in total. The summed E-state index contributed by atoms with van der Waals surface area (Å²) in [6.07, 6.45) is 4.00. The first-order valence-corrected chi connectivity index (χ1v) is 14.8. The highest BCUT2D eigenvalue weighted by Gasteiger charge is 2.21. The lowest BCUT2D eigenvalue weighted by molar-refractivity contribution is -0.141. The maximum atomic E-state index is 13.6. The number of amides is 2. The molecular weight excluding hydrogens is 640 g/mol. The number of carbonyl (C=O) groups excluding carboxylic acids is 3. The first kappa shape index (κ1) is 33.2. The van der Waals surface area contributed by atoms with Crippen molar-refractivity contribution in [2.75, 3.05) is 19.5 Å². The zero-order valence-corrected chi connectivity index (χ0v) is 26.5. The van der Waals surface area contributed by atoms with Gasteiger partial charge in [0, 0.05) is 22.3 Å². The summed E-state index contributed by atoms with van der Waals surface area (Å²) in [6.45, 7) is -0.460. The third-order valence-electron chi connectivity index (χ3n) is 7.08. The number of methoxy groups -OCH3 is 2. The summed E-state index contributed by atoms with van der Waals surface area (Å²) >= 11 is 6.24. The van der Waals surface area contributed by atoms with Gasteiger partial charge in [0.15, 0.2) is 0 Å². The largest absolute Gasteiger partial charge is 0.468 e. The van der Waals surface area contributed by atoms with E-state index in [1.807, 2.05) is 30.3 Å². The number of benzene rings is 3. The van der Waals surface area contributed by atoms with Crippen LogP contribution in [-0.4, -0.2) is 62.2 Å². The zero-order chi connectivity index (χ0) is 34.0. The minimum Gasteiger partial charge on any atom is -0.468 e. The standard InChI is InChI=1S/C33H29ClN8O6/c1-47-31(44)19-41-32(45)26(22-8-12-25(13-9-22)36-33(46)48-2)18-28(38-41)27(16-21-6-4-3-5-7-21)37-30(43)15-10-23-17-24(34)11-14-29(23)42-20-35-39-40-42/h3-15,17-18,20,27H,16,19H2,1-2H3,(H,36,46)(H,37,43)/b15-10+. The number of aromatic nitrogens is 6. The van der Waals surface area contributed by atoms with Crippen LogP contribution in [0.25, 0.3) is 22.9 Å². The van der Waals surface area contributed by atoms with E-state index in [2.05, 4.69) is 36.0 Å². The van der Waals surface area contributed by atoms with Gasteiger partial charge in [-0.1, -0.05) is 54.1 Å². The van der Waals surface area contributed by atoms with Gasteiger partial charge in [0.25, 0.3) is 5.56 Å². The molecule has 0 spiro atoms. The fourth-order valence-electron chi connectivity index (χ4n) is 4.74. The van der Waals surface area contributed by atoms with Gasteiger partial charge in [-0.15, -0.1) is 5.10 Å². The average Bonchev–Trinajstić information content (AvgIpc) is 3.64. The van der Waals surface area contributed by atoms with Crippen LogP contribution in [0.3, 0.4) is 0 Å². The monoisotopic (exact) mass is 668 g/mol. The van der Waals surface area contributed by atoms with E-state index in [9.17, 15) is 19.2 Å². The molecule has 0 aliphatic carbocycles. The SMILES string of the molecule is COC(=O)Cn1nc(C(Cc2ccccc2)NC(=O)/C=C/c2cc(Cl)ccc2-n2cnnn2)cc(-c2ccc(NC(=O)OC)cc2)c1=O.